The average Bonchev–Trinajstić information content (AvgIpc) is 2.44. The van der Waals surface area contributed by atoms with Crippen LogP contribution in [0.1, 0.15) is 27.0 Å². The number of carbonyl (C=O) groups is 1. The number of rotatable bonds is 3. The second kappa shape index (κ2) is 6.35. The van der Waals surface area contributed by atoms with Crippen LogP contribution in [-0.2, 0) is 0 Å². The van der Waals surface area contributed by atoms with Crippen molar-refractivity contribution in [2.24, 2.45) is 5.10 Å². The Kier molecular flexibility index (Phi) is 4.53. The normalized spacial score (nSPS) is 10.8. The Hall–Kier alpha value is -2.13. The standard InChI is InChI=1S/C16H15ClN2O/c1-11-3-6-14(9-12(11)2)16(20)19-18-10-13-4-7-15(17)8-5-13/h3-10H,1-2H3,(H,19,20). The molecule has 20 heavy (non-hydrogen) atoms. The fourth-order valence-corrected chi connectivity index (χ4v) is 1.79. The molecule has 0 saturated carbocycles. The topological polar surface area (TPSA) is 41.5 Å². The van der Waals surface area contributed by atoms with Crippen molar-refractivity contribution in [3.05, 3.63) is 69.7 Å². The van der Waals surface area contributed by atoms with Gasteiger partial charge >= 0.3 is 0 Å². The van der Waals surface area contributed by atoms with Gasteiger partial charge in [-0.25, -0.2) is 5.43 Å². The highest BCUT2D eigenvalue weighted by molar-refractivity contribution is 6.30. The van der Waals surface area contributed by atoms with Crippen molar-refractivity contribution in [3.63, 3.8) is 0 Å². The summed E-state index contributed by atoms with van der Waals surface area (Å²) in [7, 11) is 0. The molecule has 4 heteroatoms. The first-order chi connectivity index (χ1) is 9.56. The van der Waals surface area contributed by atoms with Gasteiger partial charge in [0.1, 0.15) is 0 Å². The number of aryl methyl sites for hydroxylation is 2. The van der Waals surface area contributed by atoms with Crippen LogP contribution < -0.4 is 5.43 Å². The van der Waals surface area contributed by atoms with Gasteiger partial charge in [0.15, 0.2) is 0 Å². The van der Waals surface area contributed by atoms with Gasteiger partial charge in [-0.3, -0.25) is 4.79 Å². The van der Waals surface area contributed by atoms with Gasteiger partial charge in [-0.05, 0) is 54.8 Å². The summed E-state index contributed by atoms with van der Waals surface area (Å²) in [6.45, 7) is 3.98. The number of benzene rings is 2. The fraction of sp³-hybridized carbons (Fsp3) is 0.125. The van der Waals surface area contributed by atoms with Crippen LogP contribution in [0.2, 0.25) is 5.02 Å². The molecule has 0 atom stereocenters. The summed E-state index contributed by atoms with van der Waals surface area (Å²) in [6, 6.07) is 12.8. The number of hydrogen-bond acceptors (Lipinski definition) is 2. The van der Waals surface area contributed by atoms with E-state index in [1.807, 2.05) is 38.1 Å². The predicted octanol–water partition coefficient (Wildman–Crippen LogP) is 3.72. The molecule has 3 nitrogen and oxygen atoms in total. The molecule has 0 aliphatic carbocycles. The molecule has 2 aromatic carbocycles. The molecule has 0 spiro atoms. The number of nitrogens with zero attached hydrogens (tertiary/aromatic N) is 1. The Morgan fingerprint density at radius 1 is 1.10 bits per heavy atom. The lowest BCUT2D eigenvalue weighted by atomic mass is 10.1. The maximum atomic E-state index is 11.9. The first-order valence-electron chi connectivity index (χ1n) is 6.22. The van der Waals surface area contributed by atoms with Crippen LogP contribution in [0.25, 0.3) is 0 Å². The molecule has 0 unspecified atom stereocenters. The zero-order valence-corrected chi connectivity index (χ0v) is 12.1. The molecule has 0 heterocycles. The third kappa shape index (κ3) is 3.68. The molecular weight excluding hydrogens is 272 g/mol. The van der Waals surface area contributed by atoms with Gasteiger partial charge in [-0.2, -0.15) is 5.10 Å². The van der Waals surface area contributed by atoms with Crippen LogP contribution in [-0.4, -0.2) is 12.1 Å². The second-order valence-corrected chi connectivity index (χ2v) is 4.99. The lowest BCUT2D eigenvalue weighted by Gasteiger charge is -2.03. The number of hydrogen-bond donors (Lipinski definition) is 1. The van der Waals surface area contributed by atoms with E-state index in [1.165, 1.54) is 0 Å². The molecule has 2 rings (SSSR count). The molecule has 1 N–H and O–H groups in total. The molecule has 0 aliphatic heterocycles. The molecule has 0 aliphatic rings. The number of carbonyl (C=O) groups excluding carboxylic acids is 1. The summed E-state index contributed by atoms with van der Waals surface area (Å²) >= 11 is 5.79. The quantitative estimate of drug-likeness (QED) is 0.678. The number of hydrazone groups is 1. The van der Waals surface area contributed by atoms with E-state index in [0.29, 0.717) is 10.6 Å². The summed E-state index contributed by atoms with van der Waals surface area (Å²) in [5, 5.41) is 4.60. The van der Waals surface area contributed by atoms with E-state index >= 15 is 0 Å². The van der Waals surface area contributed by atoms with Crippen molar-refractivity contribution < 1.29 is 4.79 Å². The van der Waals surface area contributed by atoms with Crippen LogP contribution in [0.4, 0.5) is 0 Å². The van der Waals surface area contributed by atoms with Crippen molar-refractivity contribution in [3.8, 4) is 0 Å². The van der Waals surface area contributed by atoms with Gasteiger partial charge < -0.3 is 0 Å². The molecular formula is C16H15ClN2O. The molecule has 0 radical (unpaired) electrons. The number of halogens is 1. The predicted molar refractivity (Wildman–Crippen MR) is 82.4 cm³/mol. The lowest BCUT2D eigenvalue weighted by Crippen LogP contribution is -2.17. The van der Waals surface area contributed by atoms with Crippen LogP contribution in [0.3, 0.4) is 0 Å². The lowest BCUT2D eigenvalue weighted by molar-refractivity contribution is 0.0955. The summed E-state index contributed by atoms with van der Waals surface area (Å²) < 4.78 is 0. The third-order valence-electron chi connectivity index (χ3n) is 3.02. The zero-order chi connectivity index (χ0) is 14.5. The smallest absolute Gasteiger partial charge is 0.267 e. The maximum absolute atomic E-state index is 11.9. The molecule has 102 valence electrons. The third-order valence-corrected chi connectivity index (χ3v) is 3.27. The van der Waals surface area contributed by atoms with Gasteiger partial charge in [0, 0.05) is 10.6 Å². The van der Waals surface area contributed by atoms with E-state index in [1.54, 1.807) is 24.4 Å². The van der Waals surface area contributed by atoms with Crippen molar-refractivity contribution in [2.75, 3.05) is 0 Å². The van der Waals surface area contributed by atoms with Crippen LogP contribution in [0, 0.1) is 13.8 Å². The van der Waals surface area contributed by atoms with Crippen molar-refractivity contribution in [1.29, 1.82) is 0 Å². The first kappa shape index (κ1) is 14.3. The van der Waals surface area contributed by atoms with Crippen LogP contribution >= 0.6 is 11.6 Å². The summed E-state index contributed by atoms with van der Waals surface area (Å²) in [6.07, 6.45) is 1.58. The molecule has 0 bridgehead atoms. The van der Waals surface area contributed by atoms with Gasteiger partial charge in [-0.1, -0.05) is 29.8 Å². The molecule has 0 fully saturated rings. The number of nitrogens with one attached hydrogen (secondary N) is 1. The summed E-state index contributed by atoms with van der Waals surface area (Å²) in [4.78, 5) is 11.9. The van der Waals surface area contributed by atoms with E-state index in [0.717, 1.165) is 16.7 Å². The Balaban J connectivity index is 2.01. The minimum atomic E-state index is -0.224. The molecule has 0 aromatic heterocycles. The number of amides is 1. The largest absolute Gasteiger partial charge is 0.271 e. The zero-order valence-electron chi connectivity index (χ0n) is 11.4. The van der Waals surface area contributed by atoms with Gasteiger partial charge in [0.2, 0.25) is 0 Å². The molecule has 2 aromatic rings. The van der Waals surface area contributed by atoms with Crippen LogP contribution in [0.15, 0.2) is 47.6 Å². The minimum Gasteiger partial charge on any atom is -0.267 e. The van der Waals surface area contributed by atoms with Crippen molar-refractivity contribution >= 4 is 23.7 Å². The van der Waals surface area contributed by atoms with Gasteiger partial charge in [-0.15, -0.1) is 0 Å². The van der Waals surface area contributed by atoms with Gasteiger partial charge in [0.05, 0.1) is 6.21 Å². The van der Waals surface area contributed by atoms with Crippen molar-refractivity contribution in [2.45, 2.75) is 13.8 Å². The summed E-state index contributed by atoms with van der Waals surface area (Å²) in [5.41, 5.74) is 6.22. The first-order valence-corrected chi connectivity index (χ1v) is 6.60. The van der Waals surface area contributed by atoms with Crippen LogP contribution in [0.5, 0.6) is 0 Å². The van der Waals surface area contributed by atoms with E-state index in [2.05, 4.69) is 10.5 Å². The Bertz CT molecular complexity index is 648. The SMILES string of the molecule is Cc1ccc(C(=O)NN=Cc2ccc(Cl)cc2)cc1C. The highest BCUT2D eigenvalue weighted by Crippen LogP contribution is 2.10. The van der Waals surface area contributed by atoms with E-state index in [9.17, 15) is 4.79 Å². The Labute approximate surface area is 123 Å². The Morgan fingerprint density at radius 2 is 1.80 bits per heavy atom. The van der Waals surface area contributed by atoms with E-state index in [-0.39, 0.29) is 5.91 Å². The highest BCUT2D eigenvalue weighted by atomic mass is 35.5. The molecule has 0 saturated heterocycles. The fourth-order valence-electron chi connectivity index (χ4n) is 1.66. The van der Waals surface area contributed by atoms with E-state index in [4.69, 9.17) is 11.6 Å². The van der Waals surface area contributed by atoms with Gasteiger partial charge in [0.25, 0.3) is 5.91 Å². The van der Waals surface area contributed by atoms with E-state index < -0.39 is 0 Å². The highest BCUT2D eigenvalue weighted by Gasteiger charge is 2.04. The summed E-state index contributed by atoms with van der Waals surface area (Å²) in [5.74, 6) is -0.224. The average molecular weight is 287 g/mol. The maximum Gasteiger partial charge on any atom is 0.271 e. The molecule has 1 amide bonds. The second-order valence-electron chi connectivity index (χ2n) is 4.55. The Morgan fingerprint density at radius 3 is 2.45 bits per heavy atom. The monoisotopic (exact) mass is 286 g/mol. The van der Waals surface area contributed by atoms with Crippen molar-refractivity contribution in [1.82, 2.24) is 5.43 Å². The minimum absolute atomic E-state index is 0.224.